The Morgan fingerprint density at radius 3 is 2.25 bits per heavy atom. The smallest absolute Gasteiger partial charge is 0.227 e. The maximum Gasteiger partial charge on any atom is 0.227 e. The monoisotopic (exact) mass is 464 g/mol. The molecule has 0 aliphatic carbocycles. The zero-order chi connectivity index (χ0) is 20.7. The van der Waals surface area contributed by atoms with E-state index >= 15 is 0 Å². The molecule has 1 atom stereocenters. The lowest BCUT2D eigenvalue weighted by Gasteiger charge is -2.27. The maximum absolute atomic E-state index is 13.1. The Morgan fingerprint density at radius 2 is 1.64 bits per heavy atom. The Bertz CT molecular complexity index is 806. The number of nitrogens with zero attached hydrogens (tertiary/aromatic N) is 2. The second-order valence-corrected chi connectivity index (χ2v) is 10.9. The van der Waals surface area contributed by atoms with Crippen molar-refractivity contribution in [2.45, 2.75) is 44.9 Å². The molecule has 1 amide bonds. The molecule has 0 saturated heterocycles. The first-order chi connectivity index (χ1) is 13.2. The molecule has 0 radical (unpaired) electrons. The fourth-order valence-electron chi connectivity index (χ4n) is 2.88. The van der Waals surface area contributed by atoms with Gasteiger partial charge in [0, 0.05) is 17.4 Å². The van der Waals surface area contributed by atoms with Crippen LogP contribution in [0, 0.1) is 0 Å². The summed E-state index contributed by atoms with van der Waals surface area (Å²) in [4.78, 5) is 14.9. The van der Waals surface area contributed by atoms with Crippen LogP contribution < -0.4 is 4.90 Å². The molecule has 6 heteroatoms. The van der Waals surface area contributed by atoms with Crippen LogP contribution in [0.4, 0.5) is 5.69 Å². The molecule has 2 aromatic rings. The van der Waals surface area contributed by atoms with Gasteiger partial charge < -0.3 is 4.90 Å². The highest BCUT2D eigenvalue weighted by molar-refractivity contribution is 9.10. The largest absolute Gasteiger partial charge is 0.307 e. The van der Waals surface area contributed by atoms with Crippen molar-refractivity contribution in [2.24, 2.45) is 0 Å². The molecular weight excluding hydrogens is 436 g/mol. The fourth-order valence-corrected chi connectivity index (χ4v) is 4.61. The minimum absolute atomic E-state index is 0.0608. The fraction of sp³-hybridized carbons (Fsp3) is 0.409. The molecule has 28 heavy (non-hydrogen) atoms. The van der Waals surface area contributed by atoms with Gasteiger partial charge in [0.1, 0.15) is 0 Å². The van der Waals surface area contributed by atoms with Gasteiger partial charge in [0.05, 0.1) is 28.0 Å². The van der Waals surface area contributed by atoms with Crippen LogP contribution >= 0.6 is 15.9 Å². The zero-order valence-electron chi connectivity index (χ0n) is 17.0. The molecule has 0 spiro atoms. The number of anilines is 1. The summed E-state index contributed by atoms with van der Waals surface area (Å²) in [6.45, 7) is 7.01. The Morgan fingerprint density at radius 1 is 1.04 bits per heavy atom. The van der Waals surface area contributed by atoms with Gasteiger partial charge in [0.2, 0.25) is 5.91 Å². The number of carbonyl (C=O) groups excluding carboxylic acids is 1. The quantitative estimate of drug-likeness (QED) is 0.541. The molecule has 1 unspecified atom stereocenters. The number of para-hydroxylation sites is 1. The summed E-state index contributed by atoms with van der Waals surface area (Å²) >= 11 is 3.57. The molecular formula is C22H29BrN2O2S. The number of halogens is 1. The molecule has 4 nitrogen and oxygen atoms in total. The molecule has 0 aromatic heterocycles. The normalized spacial score (nSPS) is 12.8. The van der Waals surface area contributed by atoms with Gasteiger partial charge >= 0.3 is 0 Å². The molecule has 0 N–H and O–H groups in total. The Hall–Kier alpha value is -1.50. The molecule has 0 aliphatic heterocycles. The van der Waals surface area contributed by atoms with E-state index in [2.05, 4.69) is 15.9 Å². The minimum atomic E-state index is -1.08. The predicted octanol–water partition coefficient (Wildman–Crippen LogP) is 5.16. The third-order valence-corrected chi connectivity index (χ3v) is 6.77. The van der Waals surface area contributed by atoms with Gasteiger partial charge in [-0.25, -0.2) is 8.51 Å². The van der Waals surface area contributed by atoms with E-state index in [1.807, 2.05) is 91.6 Å². The van der Waals surface area contributed by atoms with Crippen LogP contribution in [0.2, 0.25) is 0 Å². The van der Waals surface area contributed by atoms with E-state index in [4.69, 9.17) is 0 Å². The summed E-state index contributed by atoms with van der Waals surface area (Å²) in [5.74, 6) is 0.0608. The van der Waals surface area contributed by atoms with Gasteiger partial charge in [-0.05, 0) is 67.9 Å². The van der Waals surface area contributed by atoms with Crippen molar-refractivity contribution >= 4 is 38.5 Å². The van der Waals surface area contributed by atoms with Crippen LogP contribution in [0.3, 0.4) is 0 Å². The SMILES string of the molecule is CN(CCCC(=O)N(Cc1ccccc1)c1ccccc1Br)S(=O)C(C)(C)C. The highest BCUT2D eigenvalue weighted by atomic mass is 79.9. The molecule has 2 rings (SSSR count). The second kappa shape index (κ2) is 10.3. The van der Waals surface area contributed by atoms with E-state index in [1.54, 1.807) is 0 Å². The van der Waals surface area contributed by atoms with Gasteiger partial charge in [0.15, 0.2) is 0 Å². The van der Waals surface area contributed by atoms with Crippen molar-refractivity contribution in [1.82, 2.24) is 4.31 Å². The summed E-state index contributed by atoms with van der Waals surface area (Å²) in [7, 11) is 0.771. The lowest BCUT2D eigenvalue weighted by atomic mass is 10.1. The Balaban J connectivity index is 2.07. The molecule has 0 aliphatic rings. The number of rotatable bonds is 8. The van der Waals surface area contributed by atoms with E-state index in [9.17, 15) is 9.00 Å². The molecule has 0 bridgehead atoms. The summed E-state index contributed by atoms with van der Waals surface area (Å²) in [6, 6.07) is 17.8. The number of hydrogen-bond donors (Lipinski definition) is 0. The second-order valence-electron chi connectivity index (χ2n) is 7.73. The van der Waals surface area contributed by atoms with Crippen molar-refractivity contribution in [2.75, 3.05) is 18.5 Å². The predicted molar refractivity (Wildman–Crippen MR) is 122 cm³/mol. The van der Waals surface area contributed by atoms with E-state index in [1.165, 1.54) is 0 Å². The van der Waals surface area contributed by atoms with Gasteiger partial charge in [-0.2, -0.15) is 0 Å². The molecule has 0 fully saturated rings. The lowest BCUT2D eigenvalue weighted by Crippen LogP contribution is -2.36. The van der Waals surface area contributed by atoms with Crippen LogP contribution in [0.25, 0.3) is 0 Å². The molecule has 152 valence electrons. The summed E-state index contributed by atoms with van der Waals surface area (Å²) in [6.07, 6.45) is 1.06. The number of carbonyl (C=O) groups is 1. The minimum Gasteiger partial charge on any atom is -0.307 e. The zero-order valence-corrected chi connectivity index (χ0v) is 19.4. The van der Waals surface area contributed by atoms with Crippen LogP contribution in [0.1, 0.15) is 39.2 Å². The van der Waals surface area contributed by atoms with E-state index in [0.29, 0.717) is 25.9 Å². The van der Waals surface area contributed by atoms with Crippen molar-refractivity contribution in [1.29, 1.82) is 0 Å². The number of amides is 1. The highest BCUT2D eigenvalue weighted by Gasteiger charge is 2.24. The standard InChI is InChI=1S/C22H29BrN2O2S/c1-22(2,3)28(27)24(4)16-10-15-21(26)25(17-18-11-6-5-7-12-18)20-14-9-8-13-19(20)23/h5-9,11-14H,10,15-17H2,1-4H3. The highest BCUT2D eigenvalue weighted by Crippen LogP contribution is 2.28. The van der Waals surface area contributed by atoms with Gasteiger partial charge in [-0.3, -0.25) is 4.79 Å². The average molecular weight is 465 g/mol. The van der Waals surface area contributed by atoms with E-state index < -0.39 is 11.0 Å². The topological polar surface area (TPSA) is 40.6 Å². The number of hydrogen-bond acceptors (Lipinski definition) is 2. The summed E-state index contributed by atoms with van der Waals surface area (Å²) in [5, 5.41) is 0. The van der Waals surface area contributed by atoms with Crippen LogP contribution in [-0.4, -0.2) is 32.8 Å². The Kier molecular flexibility index (Phi) is 8.40. The Labute approximate surface area is 179 Å². The van der Waals surface area contributed by atoms with Crippen molar-refractivity contribution in [3.63, 3.8) is 0 Å². The van der Waals surface area contributed by atoms with Crippen LogP contribution in [0.15, 0.2) is 59.1 Å². The van der Waals surface area contributed by atoms with Crippen molar-refractivity contribution < 1.29 is 9.00 Å². The molecule has 0 saturated carbocycles. The summed E-state index contributed by atoms with van der Waals surface area (Å²) < 4.78 is 14.8. The van der Waals surface area contributed by atoms with Crippen LogP contribution in [-0.2, 0) is 22.3 Å². The third kappa shape index (κ3) is 6.54. The maximum atomic E-state index is 13.1. The first kappa shape index (κ1) is 22.8. The first-order valence-electron chi connectivity index (χ1n) is 9.42. The van der Waals surface area contributed by atoms with Gasteiger partial charge in [-0.15, -0.1) is 0 Å². The molecule has 0 heterocycles. The van der Waals surface area contributed by atoms with Crippen molar-refractivity contribution in [3.05, 3.63) is 64.6 Å². The number of benzene rings is 2. The molecule has 2 aromatic carbocycles. The third-order valence-electron chi connectivity index (χ3n) is 4.30. The van der Waals surface area contributed by atoms with Crippen molar-refractivity contribution in [3.8, 4) is 0 Å². The first-order valence-corrected chi connectivity index (χ1v) is 11.3. The average Bonchev–Trinajstić information content (AvgIpc) is 2.66. The van der Waals surface area contributed by atoms with Crippen LogP contribution in [0.5, 0.6) is 0 Å². The summed E-state index contributed by atoms with van der Waals surface area (Å²) in [5.41, 5.74) is 1.94. The van der Waals surface area contributed by atoms with Gasteiger partial charge in [0.25, 0.3) is 0 Å². The lowest BCUT2D eigenvalue weighted by molar-refractivity contribution is -0.118. The van der Waals surface area contributed by atoms with E-state index in [0.717, 1.165) is 15.7 Å². The van der Waals surface area contributed by atoms with E-state index in [-0.39, 0.29) is 10.7 Å². The van der Waals surface area contributed by atoms with Gasteiger partial charge in [-0.1, -0.05) is 42.5 Å².